The molecule has 0 atom stereocenters. The van der Waals surface area contributed by atoms with Crippen LogP contribution in [0, 0.1) is 6.92 Å². The molecule has 2 nitrogen and oxygen atoms in total. The maximum atomic E-state index is 4.35. The molecule has 0 aliphatic carbocycles. The predicted molar refractivity (Wildman–Crippen MR) is 75.5 cm³/mol. The summed E-state index contributed by atoms with van der Waals surface area (Å²) in [6, 6.07) is 14.6. The summed E-state index contributed by atoms with van der Waals surface area (Å²) in [7, 11) is 0. The van der Waals surface area contributed by atoms with Gasteiger partial charge in [0.2, 0.25) is 0 Å². The first kappa shape index (κ1) is 11.1. The summed E-state index contributed by atoms with van der Waals surface area (Å²) in [5.74, 6) is 0. The van der Waals surface area contributed by atoms with Crippen LogP contribution < -0.4 is 0 Å². The van der Waals surface area contributed by atoms with Crippen molar-refractivity contribution in [1.29, 1.82) is 0 Å². The van der Waals surface area contributed by atoms with Crippen LogP contribution in [0.1, 0.15) is 4.88 Å². The Kier molecular flexibility index (Phi) is 2.90. The van der Waals surface area contributed by atoms with Crippen molar-refractivity contribution in [2.45, 2.75) is 6.92 Å². The fourth-order valence-corrected chi connectivity index (χ4v) is 2.97. The predicted octanol–water partition coefficient (Wildman–Crippen LogP) is 4.18. The van der Waals surface area contributed by atoms with E-state index in [-0.39, 0.29) is 0 Å². The van der Waals surface area contributed by atoms with Gasteiger partial charge in [-0.05, 0) is 24.6 Å². The fraction of sp³-hybridized carbons (Fsp3) is 0.0667. The van der Waals surface area contributed by atoms with Gasteiger partial charge < -0.3 is 0 Å². The summed E-state index contributed by atoms with van der Waals surface area (Å²) >= 11 is 1.77. The normalized spacial score (nSPS) is 10.5. The Bertz CT molecular complexity index is 588. The minimum atomic E-state index is 0.988. The van der Waals surface area contributed by atoms with Gasteiger partial charge in [0, 0.05) is 16.6 Å². The highest BCUT2D eigenvalue weighted by Gasteiger charge is 2.11. The van der Waals surface area contributed by atoms with Crippen molar-refractivity contribution in [3.8, 4) is 21.7 Å². The molecular formula is C15H12N2S. The van der Waals surface area contributed by atoms with Crippen LogP contribution in [0.5, 0.6) is 0 Å². The first-order chi connectivity index (χ1) is 8.84. The highest BCUT2D eigenvalue weighted by molar-refractivity contribution is 7.16. The van der Waals surface area contributed by atoms with E-state index < -0.39 is 0 Å². The van der Waals surface area contributed by atoms with E-state index in [0.717, 1.165) is 5.69 Å². The highest BCUT2D eigenvalue weighted by atomic mass is 32.1. The molecule has 0 spiro atoms. The maximum absolute atomic E-state index is 4.35. The quantitative estimate of drug-likeness (QED) is 0.683. The second-order valence-corrected chi connectivity index (χ2v) is 5.32. The Hall–Kier alpha value is -2.00. The number of nitrogens with zero attached hydrogens (tertiary/aromatic N) is 2. The Balaban J connectivity index is 2.17. The Morgan fingerprint density at radius 2 is 1.89 bits per heavy atom. The van der Waals surface area contributed by atoms with Gasteiger partial charge in [-0.25, -0.2) is 9.97 Å². The molecule has 3 heteroatoms. The molecule has 2 aromatic heterocycles. The maximum Gasteiger partial charge on any atom is 0.116 e. The van der Waals surface area contributed by atoms with Crippen molar-refractivity contribution >= 4 is 11.3 Å². The number of thiophene rings is 1. The number of benzene rings is 1. The van der Waals surface area contributed by atoms with Gasteiger partial charge >= 0.3 is 0 Å². The SMILES string of the molecule is Cc1cc(-c2ccccc2)c(-c2ccncn2)s1. The minimum absolute atomic E-state index is 0.988. The van der Waals surface area contributed by atoms with Gasteiger partial charge in [0.15, 0.2) is 0 Å². The Morgan fingerprint density at radius 3 is 2.61 bits per heavy atom. The molecule has 1 aromatic carbocycles. The molecule has 3 rings (SSSR count). The van der Waals surface area contributed by atoms with Crippen LogP contribution >= 0.6 is 11.3 Å². The minimum Gasteiger partial charge on any atom is -0.245 e. The van der Waals surface area contributed by atoms with Crippen LogP contribution in [0.15, 0.2) is 55.0 Å². The topological polar surface area (TPSA) is 25.8 Å². The van der Waals surface area contributed by atoms with Crippen LogP contribution in [0.3, 0.4) is 0 Å². The molecular weight excluding hydrogens is 240 g/mol. The smallest absolute Gasteiger partial charge is 0.116 e. The molecule has 0 amide bonds. The summed E-state index contributed by atoms with van der Waals surface area (Å²) in [6.45, 7) is 2.13. The van der Waals surface area contributed by atoms with Crippen LogP contribution in [-0.4, -0.2) is 9.97 Å². The van der Waals surface area contributed by atoms with Gasteiger partial charge in [0.25, 0.3) is 0 Å². The summed E-state index contributed by atoms with van der Waals surface area (Å²) in [4.78, 5) is 10.8. The van der Waals surface area contributed by atoms with Crippen LogP contribution in [0.25, 0.3) is 21.7 Å². The molecule has 88 valence electrons. The van der Waals surface area contributed by atoms with Gasteiger partial charge in [-0.2, -0.15) is 0 Å². The van der Waals surface area contributed by atoms with E-state index in [1.165, 1.54) is 20.9 Å². The molecule has 0 radical (unpaired) electrons. The molecule has 0 unspecified atom stereocenters. The van der Waals surface area contributed by atoms with Crippen molar-refractivity contribution in [3.05, 3.63) is 59.9 Å². The largest absolute Gasteiger partial charge is 0.245 e. The lowest BCUT2D eigenvalue weighted by Crippen LogP contribution is -1.83. The van der Waals surface area contributed by atoms with E-state index in [0.29, 0.717) is 0 Å². The highest BCUT2D eigenvalue weighted by Crippen LogP contribution is 2.37. The number of hydrogen-bond acceptors (Lipinski definition) is 3. The Morgan fingerprint density at radius 1 is 1.06 bits per heavy atom. The van der Waals surface area contributed by atoms with Gasteiger partial charge in [0.05, 0.1) is 10.6 Å². The number of aromatic nitrogens is 2. The molecule has 0 bridgehead atoms. The molecule has 0 saturated heterocycles. The number of rotatable bonds is 2. The second-order valence-electron chi connectivity index (χ2n) is 4.06. The van der Waals surface area contributed by atoms with Gasteiger partial charge in [-0.15, -0.1) is 11.3 Å². The third-order valence-corrected chi connectivity index (χ3v) is 3.83. The standard InChI is InChI=1S/C15H12N2S/c1-11-9-13(12-5-3-2-4-6-12)15(18-11)14-7-8-16-10-17-14/h2-10H,1H3. The lowest BCUT2D eigenvalue weighted by atomic mass is 10.1. The van der Waals surface area contributed by atoms with E-state index in [1.54, 1.807) is 23.9 Å². The zero-order valence-electron chi connectivity index (χ0n) is 10.00. The summed E-state index contributed by atoms with van der Waals surface area (Å²) in [5, 5.41) is 0. The molecule has 0 aliphatic rings. The van der Waals surface area contributed by atoms with Crippen molar-refractivity contribution < 1.29 is 0 Å². The molecule has 3 aromatic rings. The molecule has 0 N–H and O–H groups in total. The zero-order chi connectivity index (χ0) is 12.4. The molecule has 2 heterocycles. The molecule has 0 fully saturated rings. The lowest BCUT2D eigenvalue weighted by molar-refractivity contribution is 1.18. The third-order valence-electron chi connectivity index (χ3n) is 2.75. The first-order valence-electron chi connectivity index (χ1n) is 5.77. The van der Waals surface area contributed by atoms with Crippen molar-refractivity contribution in [2.75, 3.05) is 0 Å². The average Bonchev–Trinajstić information content (AvgIpc) is 2.83. The number of hydrogen-bond donors (Lipinski definition) is 0. The van der Waals surface area contributed by atoms with E-state index in [1.807, 2.05) is 12.1 Å². The fourth-order valence-electron chi connectivity index (χ4n) is 1.96. The van der Waals surface area contributed by atoms with Crippen LogP contribution in [-0.2, 0) is 0 Å². The lowest BCUT2D eigenvalue weighted by Gasteiger charge is -2.02. The van der Waals surface area contributed by atoms with E-state index in [2.05, 4.69) is 47.2 Å². The molecule has 0 aliphatic heterocycles. The molecule has 18 heavy (non-hydrogen) atoms. The van der Waals surface area contributed by atoms with Crippen molar-refractivity contribution in [1.82, 2.24) is 9.97 Å². The summed E-state index contributed by atoms with van der Waals surface area (Å²) < 4.78 is 0. The van der Waals surface area contributed by atoms with Gasteiger partial charge in [0.1, 0.15) is 6.33 Å². The summed E-state index contributed by atoms with van der Waals surface area (Å²) in [5.41, 5.74) is 3.47. The second kappa shape index (κ2) is 4.70. The van der Waals surface area contributed by atoms with Crippen molar-refractivity contribution in [3.63, 3.8) is 0 Å². The third kappa shape index (κ3) is 2.05. The zero-order valence-corrected chi connectivity index (χ0v) is 10.8. The van der Waals surface area contributed by atoms with Crippen LogP contribution in [0.4, 0.5) is 0 Å². The van der Waals surface area contributed by atoms with Gasteiger partial charge in [-0.1, -0.05) is 30.3 Å². The first-order valence-corrected chi connectivity index (χ1v) is 6.58. The average molecular weight is 252 g/mol. The van der Waals surface area contributed by atoms with E-state index >= 15 is 0 Å². The van der Waals surface area contributed by atoms with E-state index in [4.69, 9.17) is 0 Å². The molecule has 0 saturated carbocycles. The number of aryl methyl sites for hydroxylation is 1. The van der Waals surface area contributed by atoms with E-state index in [9.17, 15) is 0 Å². The Labute approximate surface area is 110 Å². The van der Waals surface area contributed by atoms with Crippen molar-refractivity contribution in [2.24, 2.45) is 0 Å². The van der Waals surface area contributed by atoms with Gasteiger partial charge in [-0.3, -0.25) is 0 Å². The summed E-state index contributed by atoms with van der Waals surface area (Å²) in [6.07, 6.45) is 3.38. The van der Waals surface area contributed by atoms with Crippen LogP contribution in [0.2, 0.25) is 0 Å². The monoisotopic (exact) mass is 252 g/mol.